The van der Waals surface area contributed by atoms with E-state index in [-0.39, 0.29) is 5.92 Å². The maximum absolute atomic E-state index is 12.3. The van der Waals surface area contributed by atoms with Crippen LogP contribution in [0.1, 0.15) is 30.7 Å². The molecule has 3 unspecified atom stereocenters. The van der Waals surface area contributed by atoms with Gasteiger partial charge in [0.05, 0.1) is 5.69 Å². The minimum Gasteiger partial charge on any atom is -0.310 e. The molecule has 0 radical (unpaired) electrons. The van der Waals surface area contributed by atoms with Crippen molar-refractivity contribution in [1.29, 1.82) is 0 Å². The van der Waals surface area contributed by atoms with Gasteiger partial charge in [-0.25, -0.2) is 0 Å². The summed E-state index contributed by atoms with van der Waals surface area (Å²) in [6, 6.07) is 3.06. The quantitative estimate of drug-likeness (QED) is 0.846. The molecule has 1 aromatic rings. The molecule has 0 aromatic carbocycles. The van der Waals surface area contributed by atoms with Crippen LogP contribution < -0.4 is 5.32 Å². The third-order valence-electron chi connectivity index (χ3n) is 4.17. The number of nitrogens with one attached hydrogen (secondary N) is 1. The maximum Gasteiger partial charge on any atom is 0.143 e. The third kappa shape index (κ3) is 1.90. The summed E-state index contributed by atoms with van der Waals surface area (Å²) in [5, 5.41) is 7.81. The highest BCUT2D eigenvalue weighted by Gasteiger charge is 2.42. The van der Waals surface area contributed by atoms with Crippen molar-refractivity contribution in [1.82, 2.24) is 15.1 Å². The Kier molecular flexibility index (Phi) is 2.54. The van der Waals surface area contributed by atoms with Crippen LogP contribution in [0.25, 0.3) is 0 Å². The summed E-state index contributed by atoms with van der Waals surface area (Å²) in [7, 11) is 1.91. The number of Topliss-reactive ketones (excluding diaryl/α,β-unsaturated/α-hetero) is 1. The SMILES string of the molecule is Cc1cc(CC(=O)C2CC3CCC2N3)n(C)n1. The second-order valence-corrected chi connectivity index (χ2v) is 5.43. The molecule has 0 spiro atoms. The van der Waals surface area contributed by atoms with Gasteiger partial charge in [-0.05, 0) is 32.3 Å². The van der Waals surface area contributed by atoms with Gasteiger partial charge in [-0.2, -0.15) is 5.10 Å². The zero-order chi connectivity index (χ0) is 12.0. The van der Waals surface area contributed by atoms with Crippen molar-refractivity contribution < 1.29 is 4.79 Å². The van der Waals surface area contributed by atoms with E-state index in [2.05, 4.69) is 10.4 Å². The van der Waals surface area contributed by atoms with Gasteiger partial charge < -0.3 is 5.32 Å². The van der Waals surface area contributed by atoms with Crippen LogP contribution in [-0.2, 0) is 18.3 Å². The lowest BCUT2D eigenvalue weighted by Crippen LogP contribution is -2.30. The highest BCUT2D eigenvalue weighted by atomic mass is 16.1. The highest BCUT2D eigenvalue weighted by Crippen LogP contribution is 2.34. The van der Waals surface area contributed by atoms with Gasteiger partial charge >= 0.3 is 0 Å². The number of hydrogen-bond donors (Lipinski definition) is 1. The average molecular weight is 233 g/mol. The number of hydrogen-bond acceptors (Lipinski definition) is 3. The van der Waals surface area contributed by atoms with Crippen LogP contribution in [-0.4, -0.2) is 27.6 Å². The zero-order valence-corrected chi connectivity index (χ0v) is 10.4. The molecule has 2 fully saturated rings. The molecule has 0 amide bonds. The lowest BCUT2D eigenvalue weighted by atomic mass is 9.84. The zero-order valence-electron chi connectivity index (χ0n) is 10.4. The fraction of sp³-hybridized carbons (Fsp3) is 0.692. The van der Waals surface area contributed by atoms with E-state index in [0.29, 0.717) is 24.3 Å². The van der Waals surface area contributed by atoms with Gasteiger partial charge in [-0.3, -0.25) is 9.48 Å². The molecular formula is C13H19N3O. The molecule has 0 aliphatic carbocycles. The van der Waals surface area contributed by atoms with E-state index in [9.17, 15) is 4.79 Å². The first-order valence-corrected chi connectivity index (χ1v) is 6.42. The predicted octanol–water partition coefficient (Wildman–Crippen LogP) is 0.981. The lowest BCUT2D eigenvalue weighted by Gasteiger charge is -2.18. The first-order valence-electron chi connectivity index (χ1n) is 6.42. The summed E-state index contributed by atoms with van der Waals surface area (Å²) < 4.78 is 1.83. The summed E-state index contributed by atoms with van der Waals surface area (Å²) in [5.41, 5.74) is 2.02. The second kappa shape index (κ2) is 3.95. The van der Waals surface area contributed by atoms with Crippen molar-refractivity contribution in [3.05, 3.63) is 17.5 Å². The first-order chi connectivity index (χ1) is 8.13. The molecule has 2 bridgehead atoms. The Morgan fingerprint density at radius 3 is 2.94 bits per heavy atom. The van der Waals surface area contributed by atoms with Crippen molar-refractivity contribution in [2.45, 2.75) is 44.7 Å². The average Bonchev–Trinajstić information content (AvgIpc) is 2.94. The number of carbonyl (C=O) groups excluding carboxylic acids is 1. The van der Waals surface area contributed by atoms with Crippen LogP contribution in [0.2, 0.25) is 0 Å². The number of aryl methyl sites for hydroxylation is 2. The third-order valence-corrected chi connectivity index (χ3v) is 4.17. The summed E-state index contributed by atoms with van der Waals surface area (Å²) in [6.07, 6.45) is 4.00. The smallest absolute Gasteiger partial charge is 0.143 e. The monoisotopic (exact) mass is 233 g/mol. The number of carbonyl (C=O) groups is 1. The molecule has 2 aliphatic heterocycles. The Hall–Kier alpha value is -1.16. The molecule has 4 nitrogen and oxygen atoms in total. The Morgan fingerprint density at radius 1 is 1.59 bits per heavy atom. The minimum atomic E-state index is 0.240. The van der Waals surface area contributed by atoms with Crippen LogP contribution in [0.3, 0.4) is 0 Å². The standard InChI is InChI=1S/C13H19N3O/c1-8-5-10(16(2)15-8)7-13(17)11-6-9-3-4-12(11)14-9/h5,9,11-12,14H,3-4,6-7H2,1-2H3. The molecule has 3 atom stereocenters. The number of ketones is 1. The molecule has 4 heteroatoms. The molecule has 2 aliphatic rings. The van der Waals surface area contributed by atoms with Crippen molar-refractivity contribution in [3.8, 4) is 0 Å². The molecule has 2 saturated heterocycles. The van der Waals surface area contributed by atoms with Gasteiger partial charge in [-0.15, -0.1) is 0 Å². The van der Waals surface area contributed by atoms with Gasteiger partial charge in [0, 0.05) is 37.2 Å². The molecule has 0 saturated carbocycles. The van der Waals surface area contributed by atoms with Gasteiger partial charge in [-0.1, -0.05) is 0 Å². The number of rotatable bonds is 3. The van der Waals surface area contributed by atoms with Gasteiger partial charge in [0.2, 0.25) is 0 Å². The summed E-state index contributed by atoms with van der Waals surface area (Å²) >= 11 is 0. The van der Waals surface area contributed by atoms with E-state index >= 15 is 0 Å². The van der Waals surface area contributed by atoms with E-state index in [1.54, 1.807) is 0 Å². The maximum atomic E-state index is 12.3. The Bertz CT molecular complexity index is 452. The largest absolute Gasteiger partial charge is 0.310 e. The van der Waals surface area contributed by atoms with Crippen LogP contribution in [0.15, 0.2) is 6.07 Å². The van der Waals surface area contributed by atoms with Crippen LogP contribution >= 0.6 is 0 Å². The van der Waals surface area contributed by atoms with E-state index in [1.807, 2.05) is 24.7 Å². The molecule has 3 rings (SSSR count). The van der Waals surface area contributed by atoms with E-state index in [4.69, 9.17) is 0 Å². The highest BCUT2D eigenvalue weighted by molar-refractivity contribution is 5.84. The van der Waals surface area contributed by atoms with Crippen molar-refractivity contribution in [3.63, 3.8) is 0 Å². The van der Waals surface area contributed by atoms with Crippen molar-refractivity contribution >= 4 is 5.78 Å². The summed E-state index contributed by atoms with van der Waals surface area (Å²) in [6.45, 7) is 1.97. The molecule has 17 heavy (non-hydrogen) atoms. The topological polar surface area (TPSA) is 46.9 Å². The normalized spacial score (nSPS) is 31.1. The Balaban J connectivity index is 1.69. The van der Waals surface area contributed by atoms with Crippen LogP contribution in [0, 0.1) is 12.8 Å². The Morgan fingerprint density at radius 2 is 2.41 bits per heavy atom. The molecule has 3 heterocycles. The molecular weight excluding hydrogens is 214 g/mol. The summed E-state index contributed by atoms with van der Waals surface area (Å²) in [5.74, 6) is 0.622. The van der Waals surface area contributed by atoms with E-state index in [1.165, 1.54) is 12.8 Å². The minimum absolute atomic E-state index is 0.240. The predicted molar refractivity (Wildman–Crippen MR) is 64.7 cm³/mol. The number of fused-ring (bicyclic) bond motifs is 2. The van der Waals surface area contributed by atoms with E-state index < -0.39 is 0 Å². The molecule has 92 valence electrons. The number of nitrogens with zero attached hydrogens (tertiary/aromatic N) is 2. The molecule has 1 aromatic heterocycles. The Labute approximate surface area is 101 Å². The second-order valence-electron chi connectivity index (χ2n) is 5.43. The van der Waals surface area contributed by atoms with Crippen LogP contribution in [0.4, 0.5) is 0 Å². The van der Waals surface area contributed by atoms with Crippen LogP contribution in [0.5, 0.6) is 0 Å². The fourth-order valence-electron chi connectivity index (χ4n) is 3.32. The van der Waals surface area contributed by atoms with Gasteiger partial charge in [0.1, 0.15) is 5.78 Å². The number of aromatic nitrogens is 2. The van der Waals surface area contributed by atoms with Gasteiger partial charge in [0.15, 0.2) is 0 Å². The molecule has 1 N–H and O–H groups in total. The van der Waals surface area contributed by atoms with Gasteiger partial charge in [0.25, 0.3) is 0 Å². The van der Waals surface area contributed by atoms with Crippen molar-refractivity contribution in [2.75, 3.05) is 0 Å². The summed E-state index contributed by atoms with van der Waals surface area (Å²) in [4.78, 5) is 12.3. The fourth-order valence-corrected chi connectivity index (χ4v) is 3.32. The van der Waals surface area contributed by atoms with E-state index in [0.717, 1.165) is 17.8 Å². The van der Waals surface area contributed by atoms with Crippen molar-refractivity contribution in [2.24, 2.45) is 13.0 Å². The first kappa shape index (κ1) is 11.0. The lowest BCUT2D eigenvalue weighted by molar-refractivity contribution is -0.122.